The lowest BCUT2D eigenvalue weighted by Crippen LogP contribution is -2.15. The Morgan fingerprint density at radius 3 is 1.65 bits per heavy atom. The highest BCUT2D eigenvalue weighted by atomic mass is 16.4. The van der Waals surface area contributed by atoms with Gasteiger partial charge in [-0.3, -0.25) is 9.59 Å². The van der Waals surface area contributed by atoms with Crippen molar-refractivity contribution < 1.29 is 19.8 Å². The first kappa shape index (κ1) is 24.7. The minimum atomic E-state index is -1.07. The van der Waals surface area contributed by atoms with Gasteiger partial charge in [-0.15, -0.1) is 0 Å². The molecule has 0 rings (SSSR count). The third kappa shape index (κ3) is 17.5. The molecule has 0 heterocycles. The number of hydrogen-bond acceptors (Lipinski definition) is 2. The van der Waals surface area contributed by atoms with Crippen LogP contribution in [0.5, 0.6) is 0 Å². The van der Waals surface area contributed by atoms with Crippen molar-refractivity contribution >= 4 is 11.9 Å². The maximum atomic E-state index is 10.9. The number of rotatable bonds is 18. The van der Waals surface area contributed by atoms with Gasteiger partial charge in [0.1, 0.15) is 0 Å². The van der Waals surface area contributed by atoms with Crippen LogP contribution in [0.2, 0.25) is 0 Å². The summed E-state index contributed by atoms with van der Waals surface area (Å²) in [5.74, 6) is -2.20. The molecule has 0 aromatic heterocycles. The third-order valence-corrected chi connectivity index (χ3v) is 4.73. The van der Waals surface area contributed by atoms with Crippen LogP contribution in [-0.2, 0) is 9.59 Å². The van der Waals surface area contributed by atoms with Gasteiger partial charge in [-0.05, 0) is 18.8 Å². The molecule has 0 amide bonds. The second-order valence-electron chi connectivity index (χ2n) is 7.83. The molecule has 0 radical (unpaired) electrons. The van der Waals surface area contributed by atoms with Gasteiger partial charge in [0.15, 0.2) is 0 Å². The Hall–Kier alpha value is -1.32. The van der Waals surface area contributed by atoms with Crippen LogP contribution in [0, 0.1) is 11.8 Å². The highest BCUT2D eigenvalue weighted by molar-refractivity contribution is 5.79. The molecule has 4 nitrogen and oxygen atoms in total. The van der Waals surface area contributed by atoms with E-state index in [1.807, 2.05) is 6.08 Å². The quantitative estimate of drug-likeness (QED) is 0.215. The van der Waals surface area contributed by atoms with Gasteiger partial charge in [0, 0.05) is 0 Å². The lowest BCUT2D eigenvalue weighted by molar-refractivity contribution is -0.146. The fourth-order valence-corrected chi connectivity index (χ4v) is 3.09. The van der Waals surface area contributed by atoms with Gasteiger partial charge in [0.25, 0.3) is 0 Å². The van der Waals surface area contributed by atoms with Crippen LogP contribution < -0.4 is 0 Å². The van der Waals surface area contributed by atoms with Crippen molar-refractivity contribution in [3.63, 3.8) is 0 Å². The first-order valence-corrected chi connectivity index (χ1v) is 10.5. The monoisotopic (exact) mass is 368 g/mol. The molecule has 0 aliphatic carbocycles. The summed E-state index contributed by atoms with van der Waals surface area (Å²) in [6.07, 6.45) is 19.5. The van der Waals surface area contributed by atoms with Crippen molar-refractivity contribution in [3.05, 3.63) is 12.2 Å². The molecule has 152 valence electrons. The summed E-state index contributed by atoms with van der Waals surface area (Å²) in [4.78, 5) is 21.5. The molecule has 1 atom stereocenters. The van der Waals surface area contributed by atoms with Gasteiger partial charge in [0.05, 0.1) is 12.3 Å². The molecule has 0 saturated heterocycles. The van der Waals surface area contributed by atoms with E-state index in [-0.39, 0.29) is 6.42 Å². The van der Waals surface area contributed by atoms with Crippen molar-refractivity contribution in [2.45, 2.75) is 104 Å². The van der Waals surface area contributed by atoms with Crippen molar-refractivity contribution in [2.24, 2.45) is 11.8 Å². The molecule has 4 heteroatoms. The molecular weight excluding hydrogens is 328 g/mol. The van der Waals surface area contributed by atoms with Crippen LogP contribution in [-0.4, -0.2) is 22.2 Å². The number of hydrogen-bond donors (Lipinski definition) is 2. The average Bonchev–Trinajstić information content (AvgIpc) is 2.56. The highest BCUT2D eigenvalue weighted by Gasteiger charge is 2.17. The maximum Gasteiger partial charge on any atom is 0.310 e. The molecule has 2 N–H and O–H groups in total. The predicted octanol–water partition coefficient (Wildman–Crippen LogP) is 6.45. The Balaban J connectivity index is 3.39. The number of carbonyl (C=O) groups is 2. The molecule has 0 aliphatic heterocycles. The summed E-state index contributed by atoms with van der Waals surface area (Å²) in [6.45, 7) is 4.59. The van der Waals surface area contributed by atoms with Crippen molar-refractivity contribution in [1.82, 2.24) is 0 Å². The van der Waals surface area contributed by atoms with E-state index in [2.05, 4.69) is 13.8 Å². The summed E-state index contributed by atoms with van der Waals surface area (Å²) in [7, 11) is 0. The zero-order valence-corrected chi connectivity index (χ0v) is 16.9. The van der Waals surface area contributed by atoms with Gasteiger partial charge in [-0.25, -0.2) is 0 Å². The first-order valence-electron chi connectivity index (χ1n) is 10.5. The second kappa shape index (κ2) is 17.1. The molecule has 0 aromatic rings. The fraction of sp³-hybridized carbons (Fsp3) is 0.818. The van der Waals surface area contributed by atoms with Crippen molar-refractivity contribution in [3.8, 4) is 0 Å². The smallest absolute Gasteiger partial charge is 0.310 e. The molecule has 1 unspecified atom stereocenters. The van der Waals surface area contributed by atoms with E-state index in [0.29, 0.717) is 0 Å². The zero-order valence-electron chi connectivity index (χ0n) is 16.9. The minimum Gasteiger partial charge on any atom is -0.481 e. The zero-order chi connectivity index (χ0) is 19.6. The Kier molecular flexibility index (Phi) is 16.2. The van der Waals surface area contributed by atoms with E-state index in [0.717, 1.165) is 25.2 Å². The van der Waals surface area contributed by atoms with Crippen LogP contribution in [0.15, 0.2) is 12.2 Å². The summed E-state index contributed by atoms with van der Waals surface area (Å²) < 4.78 is 0. The topological polar surface area (TPSA) is 74.6 Å². The van der Waals surface area contributed by atoms with Crippen LogP contribution >= 0.6 is 0 Å². The second-order valence-corrected chi connectivity index (χ2v) is 7.83. The highest BCUT2D eigenvalue weighted by Crippen LogP contribution is 2.14. The molecular formula is C22H40O4. The Labute approximate surface area is 160 Å². The normalized spacial score (nSPS) is 12.7. The third-order valence-electron chi connectivity index (χ3n) is 4.73. The van der Waals surface area contributed by atoms with Crippen LogP contribution in [0.1, 0.15) is 104 Å². The van der Waals surface area contributed by atoms with Crippen LogP contribution in [0.25, 0.3) is 0 Å². The lowest BCUT2D eigenvalue weighted by Gasteiger charge is -2.05. The predicted molar refractivity (Wildman–Crippen MR) is 107 cm³/mol. The number of carboxylic acid groups (broad SMARTS) is 2. The van der Waals surface area contributed by atoms with E-state index >= 15 is 0 Å². The summed E-state index contributed by atoms with van der Waals surface area (Å²) >= 11 is 0. The molecule has 0 fully saturated rings. The summed E-state index contributed by atoms with van der Waals surface area (Å²) in [5.41, 5.74) is 0. The van der Waals surface area contributed by atoms with Gasteiger partial charge in [0.2, 0.25) is 0 Å². The van der Waals surface area contributed by atoms with E-state index < -0.39 is 17.9 Å². The van der Waals surface area contributed by atoms with E-state index in [4.69, 9.17) is 10.2 Å². The number of carboxylic acids is 2. The summed E-state index contributed by atoms with van der Waals surface area (Å²) in [5, 5.41) is 17.6. The van der Waals surface area contributed by atoms with Crippen LogP contribution in [0.3, 0.4) is 0 Å². The van der Waals surface area contributed by atoms with E-state index in [1.54, 1.807) is 0 Å². The Bertz CT molecular complexity index is 388. The number of aliphatic carboxylic acids is 2. The molecule has 0 bridgehead atoms. The van der Waals surface area contributed by atoms with Crippen LogP contribution in [0.4, 0.5) is 0 Å². The van der Waals surface area contributed by atoms with Crippen molar-refractivity contribution in [1.29, 1.82) is 0 Å². The van der Waals surface area contributed by atoms with Gasteiger partial charge in [-0.1, -0.05) is 96.6 Å². The van der Waals surface area contributed by atoms with Gasteiger partial charge >= 0.3 is 11.9 Å². The molecule has 0 aromatic carbocycles. The van der Waals surface area contributed by atoms with Crippen molar-refractivity contribution in [2.75, 3.05) is 0 Å². The SMILES string of the molecule is CC(C)CCCCCCCCCCCCCC=CC(CC(=O)O)C(=O)O. The molecule has 0 saturated carbocycles. The van der Waals surface area contributed by atoms with Gasteiger partial charge < -0.3 is 10.2 Å². The number of allylic oxidation sites excluding steroid dienone is 1. The number of unbranched alkanes of at least 4 members (excludes halogenated alkanes) is 11. The Morgan fingerprint density at radius 2 is 1.23 bits per heavy atom. The minimum absolute atomic E-state index is 0.344. The molecule has 0 spiro atoms. The maximum absolute atomic E-state index is 10.9. The van der Waals surface area contributed by atoms with Gasteiger partial charge in [-0.2, -0.15) is 0 Å². The van der Waals surface area contributed by atoms with E-state index in [1.165, 1.54) is 70.3 Å². The Morgan fingerprint density at radius 1 is 0.769 bits per heavy atom. The van der Waals surface area contributed by atoms with E-state index in [9.17, 15) is 9.59 Å². The average molecular weight is 369 g/mol. The summed E-state index contributed by atoms with van der Waals surface area (Å²) in [6, 6.07) is 0. The fourth-order valence-electron chi connectivity index (χ4n) is 3.09. The molecule has 0 aliphatic rings. The first-order chi connectivity index (χ1) is 12.4. The molecule has 26 heavy (non-hydrogen) atoms. The lowest BCUT2D eigenvalue weighted by atomic mass is 10.0. The standard InChI is InChI=1S/C22H40O4/c1-19(2)16-14-12-10-8-6-4-3-5-7-9-11-13-15-17-20(22(25)26)18-21(23)24/h15,17,19-20H,3-14,16,18H2,1-2H3,(H,23,24)(H,25,26). The largest absolute Gasteiger partial charge is 0.481 e.